The number of nitrogens with zero attached hydrogens (tertiary/aromatic N) is 1. The minimum absolute atomic E-state index is 0.234. The molecule has 1 saturated heterocycles. The quantitative estimate of drug-likeness (QED) is 0.856. The third kappa shape index (κ3) is 3.03. The van der Waals surface area contributed by atoms with Crippen LogP contribution in [0.3, 0.4) is 0 Å². The second-order valence-electron chi connectivity index (χ2n) is 5.14. The van der Waals surface area contributed by atoms with E-state index in [1.54, 1.807) is 42.2 Å². The minimum Gasteiger partial charge on any atom is -0.342 e. The monoisotopic (exact) mass is 295 g/mol. The molecule has 1 heterocycles. The van der Waals surface area contributed by atoms with Crippen LogP contribution in [-0.4, -0.2) is 37.6 Å². The molecule has 1 aliphatic rings. The molecule has 1 amide bonds. The van der Waals surface area contributed by atoms with Gasteiger partial charge in [0.05, 0.1) is 4.90 Å². The number of carbonyl (C=O) groups is 1. The van der Waals surface area contributed by atoms with Crippen molar-refractivity contribution in [3.8, 4) is 0 Å². The van der Waals surface area contributed by atoms with E-state index in [1.807, 2.05) is 0 Å². The van der Waals surface area contributed by atoms with Crippen LogP contribution in [0.4, 0.5) is 0 Å². The normalized spacial score (nSPS) is 17.8. The maximum atomic E-state index is 12.6. The standard InChI is InChI=1S/C15H21NO3S/c1-2-14(15(17)16-11-7-4-8-12-16)20(18,19)13-9-5-3-6-10-13/h3,5-6,9-10,14H,2,4,7-8,11-12H2,1H3. The highest BCUT2D eigenvalue weighted by atomic mass is 32.2. The molecule has 1 aromatic rings. The van der Waals surface area contributed by atoms with Crippen LogP contribution >= 0.6 is 0 Å². The third-order valence-electron chi connectivity index (χ3n) is 3.76. The highest BCUT2D eigenvalue weighted by Crippen LogP contribution is 2.21. The fourth-order valence-corrected chi connectivity index (χ4v) is 4.34. The summed E-state index contributed by atoms with van der Waals surface area (Å²) >= 11 is 0. The number of sulfone groups is 1. The summed E-state index contributed by atoms with van der Waals surface area (Å²) < 4.78 is 25.2. The van der Waals surface area contributed by atoms with E-state index < -0.39 is 15.1 Å². The van der Waals surface area contributed by atoms with E-state index in [2.05, 4.69) is 0 Å². The first-order valence-electron chi connectivity index (χ1n) is 7.15. The molecule has 1 aromatic carbocycles. The Morgan fingerprint density at radius 1 is 1.15 bits per heavy atom. The SMILES string of the molecule is CCC(C(=O)N1CCCCC1)S(=O)(=O)c1ccccc1. The molecule has 1 fully saturated rings. The van der Waals surface area contributed by atoms with Crippen molar-refractivity contribution in [1.29, 1.82) is 0 Å². The van der Waals surface area contributed by atoms with Gasteiger partial charge >= 0.3 is 0 Å². The summed E-state index contributed by atoms with van der Waals surface area (Å²) in [6.45, 7) is 3.12. The first-order valence-corrected chi connectivity index (χ1v) is 8.69. The average molecular weight is 295 g/mol. The van der Waals surface area contributed by atoms with Gasteiger partial charge in [0.2, 0.25) is 5.91 Å². The van der Waals surface area contributed by atoms with E-state index in [4.69, 9.17) is 0 Å². The van der Waals surface area contributed by atoms with Gasteiger partial charge in [0.25, 0.3) is 0 Å². The second kappa shape index (κ2) is 6.39. The summed E-state index contributed by atoms with van der Waals surface area (Å²) in [4.78, 5) is 14.4. The molecule has 0 saturated carbocycles. The van der Waals surface area contributed by atoms with Crippen LogP contribution in [0.15, 0.2) is 35.2 Å². The number of likely N-dealkylation sites (tertiary alicyclic amines) is 1. The lowest BCUT2D eigenvalue weighted by atomic mass is 10.1. The molecule has 0 bridgehead atoms. The maximum absolute atomic E-state index is 12.6. The smallest absolute Gasteiger partial charge is 0.241 e. The molecule has 1 unspecified atom stereocenters. The first-order chi connectivity index (χ1) is 9.57. The van der Waals surface area contributed by atoms with Gasteiger partial charge in [-0.1, -0.05) is 25.1 Å². The average Bonchev–Trinajstić information content (AvgIpc) is 2.49. The number of hydrogen-bond acceptors (Lipinski definition) is 3. The molecule has 110 valence electrons. The molecular weight excluding hydrogens is 274 g/mol. The van der Waals surface area contributed by atoms with E-state index in [0.717, 1.165) is 19.3 Å². The Kier molecular flexibility index (Phi) is 4.81. The third-order valence-corrected chi connectivity index (χ3v) is 5.97. The highest BCUT2D eigenvalue weighted by molar-refractivity contribution is 7.92. The summed E-state index contributed by atoms with van der Waals surface area (Å²) in [7, 11) is -3.59. The van der Waals surface area contributed by atoms with Crippen molar-refractivity contribution in [3.63, 3.8) is 0 Å². The minimum atomic E-state index is -3.59. The van der Waals surface area contributed by atoms with Crippen molar-refractivity contribution in [3.05, 3.63) is 30.3 Å². The molecule has 0 radical (unpaired) electrons. The molecular formula is C15H21NO3S. The second-order valence-corrected chi connectivity index (χ2v) is 7.27. The van der Waals surface area contributed by atoms with Crippen LogP contribution in [-0.2, 0) is 14.6 Å². The van der Waals surface area contributed by atoms with Gasteiger partial charge in [0, 0.05) is 13.1 Å². The van der Waals surface area contributed by atoms with Gasteiger partial charge in [-0.25, -0.2) is 8.42 Å². The van der Waals surface area contributed by atoms with Gasteiger partial charge in [-0.3, -0.25) is 4.79 Å². The van der Waals surface area contributed by atoms with Gasteiger partial charge in [0.15, 0.2) is 9.84 Å². The zero-order valence-electron chi connectivity index (χ0n) is 11.8. The van der Waals surface area contributed by atoms with Gasteiger partial charge < -0.3 is 4.90 Å². The van der Waals surface area contributed by atoms with Crippen LogP contribution in [0.5, 0.6) is 0 Å². The zero-order chi connectivity index (χ0) is 14.6. The Labute approximate surface area is 120 Å². The zero-order valence-corrected chi connectivity index (χ0v) is 12.6. The molecule has 0 aromatic heterocycles. The predicted octanol–water partition coefficient (Wildman–Crippen LogP) is 2.25. The molecule has 0 spiro atoms. The van der Waals surface area contributed by atoms with Crippen LogP contribution in [0, 0.1) is 0 Å². The predicted molar refractivity (Wildman–Crippen MR) is 78.1 cm³/mol. The highest BCUT2D eigenvalue weighted by Gasteiger charge is 2.35. The lowest BCUT2D eigenvalue weighted by Crippen LogP contribution is -2.45. The summed E-state index contributed by atoms with van der Waals surface area (Å²) in [5.74, 6) is -0.240. The van der Waals surface area contributed by atoms with Gasteiger partial charge in [-0.05, 0) is 37.8 Å². The van der Waals surface area contributed by atoms with Crippen LogP contribution < -0.4 is 0 Å². The number of carbonyl (C=O) groups excluding carboxylic acids is 1. The lowest BCUT2D eigenvalue weighted by molar-refractivity contribution is -0.131. The molecule has 1 atom stereocenters. The van der Waals surface area contributed by atoms with E-state index in [-0.39, 0.29) is 10.8 Å². The fraction of sp³-hybridized carbons (Fsp3) is 0.533. The Bertz CT molecular complexity index is 548. The number of rotatable bonds is 4. The Morgan fingerprint density at radius 3 is 2.30 bits per heavy atom. The Morgan fingerprint density at radius 2 is 1.75 bits per heavy atom. The Hall–Kier alpha value is -1.36. The van der Waals surface area contributed by atoms with Crippen LogP contribution in [0.2, 0.25) is 0 Å². The first kappa shape index (κ1) is 15.0. The molecule has 0 aliphatic carbocycles. The lowest BCUT2D eigenvalue weighted by Gasteiger charge is -2.30. The largest absolute Gasteiger partial charge is 0.342 e. The summed E-state index contributed by atoms with van der Waals surface area (Å²) in [6, 6.07) is 8.26. The number of amides is 1. The molecule has 5 heteroatoms. The van der Waals surface area contributed by atoms with Crippen molar-refractivity contribution in [1.82, 2.24) is 4.90 Å². The summed E-state index contributed by atoms with van der Waals surface area (Å²) in [6.07, 6.45) is 3.36. The maximum Gasteiger partial charge on any atom is 0.241 e. The fourth-order valence-electron chi connectivity index (χ4n) is 2.62. The Balaban J connectivity index is 2.25. The van der Waals surface area contributed by atoms with Crippen LogP contribution in [0.1, 0.15) is 32.6 Å². The van der Waals surface area contributed by atoms with Gasteiger partial charge in [0.1, 0.15) is 5.25 Å². The van der Waals surface area contributed by atoms with Crippen molar-refractivity contribution in [2.24, 2.45) is 0 Å². The molecule has 1 aliphatic heterocycles. The molecule has 20 heavy (non-hydrogen) atoms. The van der Waals surface area contributed by atoms with Crippen molar-refractivity contribution in [2.45, 2.75) is 42.8 Å². The van der Waals surface area contributed by atoms with Crippen LogP contribution in [0.25, 0.3) is 0 Å². The van der Waals surface area contributed by atoms with Gasteiger partial charge in [-0.15, -0.1) is 0 Å². The van der Waals surface area contributed by atoms with Gasteiger partial charge in [-0.2, -0.15) is 0 Å². The number of piperidine rings is 1. The van der Waals surface area contributed by atoms with E-state index >= 15 is 0 Å². The number of hydrogen-bond donors (Lipinski definition) is 0. The molecule has 4 nitrogen and oxygen atoms in total. The summed E-state index contributed by atoms with van der Waals surface area (Å²) in [5, 5.41) is -0.956. The molecule has 0 N–H and O–H groups in total. The number of benzene rings is 1. The topological polar surface area (TPSA) is 54.5 Å². The van der Waals surface area contributed by atoms with E-state index in [1.165, 1.54) is 0 Å². The van der Waals surface area contributed by atoms with Crippen molar-refractivity contribution < 1.29 is 13.2 Å². The van der Waals surface area contributed by atoms with E-state index in [0.29, 0.717) is 19.5 Å². The molecule has 2 rings (SSSR count). The van der Waals surface area contributed by atoms with Crippen molar-refractivity contribution >= 4 is 15.7 Å². The van der Waals surface area contributed by atoms with Crippen molar-refractivity contribution in [2.75, 3.05) is 13.1 Å². The van der Waals surface area contributed by atoms with E-state index in [9.17, 15) is 13.2 Å². The summed E-state index contributed by atoms with van der Waals surface area (Å²) in [5.41, 5.74) is 0.